The topological polar surface area (TPSA) is 49.3 Å². The maximum atomic E-state index is 12.7. The molecule has 0 aliphatic carbocycles. The molecule has 3 rings (SSSR count). The summed E-state index contributed by atoms with van der Waals surface area (Å²) in [5.74, 6) is -0.347. The zero-order valence-electron chi connectivity index (χ0n) is 13.2. The minimum absolute atomic E-state index is 0.0711. The van der Waals surface area contributed by atoms with Crippen molar-refractivity contribution in [1.82, 2.24) is 0 Å². The van der Waals surface area contributed by atoms with Gasteiger partial charge < -0.3 is 10.4 Å². The van der Waals surface area contributed by atoms with Crippen LogP contribution >= 0.6 is 0 Å². The highest BCUT2D eigenvalue weighted by Crippen LogP contribution is 2.31. The molecule has 0 saturated heterocycles. The maximum absolute atomic E-state index is 12.7. The van der Waals surface area contributed by atoms with Crippen molar-refractivity contribution in [2.45, 2.75) is 13.1 Å². The van der Waals surface area contributed by atoms with Crippen LogP contribution in [0.2, 0.25) is 0 Å². The molecular weight excluding hydrogens is 331 g/mol. The Hall–Kier alpha value is -3.02. The van der Waals surface area contributed by atoms with Gasteiger partial charge in [-0.3, -0.25) is 4.79 Å². The second kappa shape index (κ2) is 6.12. The summed E-state index contributed by atoms with van der Waals surface area (Å²) in [5.41, 5.74) is 0.258. The van der Waals surface area contributed by atoms with Crippen LogP contribution in [0, 0.1) is 6.92 Å². The largest absolute Gasteiger partial charge is 0.508 e. The molecule has 3 aromatic rings. The summed E-state index contributed by atoms with van der Waals surface area (Å²) < 4.78 is 38.2. The second-order valence-corrected chi connectivity index (χ2v) is 5.68. The molecule has 0 saturated carbocycles. The van der Waals surface area contributed by atoms with Crippen LogP contribution in [-0.2, 0) is 6.18 Å². The van der Waals surface area contributed by atoms with Crippen LogP contribution in [0.3, 0.4) is 0 Å². The van der Waals surface area contributed by atoms with Crippen molar-refractivity contribution in [1.29, 1.82) is 0 Å². The Bertz CT molecular complexity index is 965. The smallest absolute Gasteiger partial charge is 0.416 e. The number of amides is 1. The Morgan fingerprint density at radius 3 is 2.52 bits per heavy atom. The maximum Gasteiger partial charge on any atom is 0.416 e. The van der Waals surface area contributed by atoms with E-state index in [1.807, 2.05) is 0 Å². The second-order valence-electron chi connectivity index (χ2n) is 5.68. The molecule has 0 aliphatic heterocycles. The molecule has 0 fully saturated rings. The molecule has 3 aromatic carbocycles. The summed E-state index contributed by atoms with van der Waals surface area (Å²) in [6.45, 7) is 1.76. The van der Waals surface area contributed by atoms with Crippen LogP contribution in [0.25, 0.3) is 10.8 Å². The molecular formula is C19H14F3NO2. The van der Waals surface area contributed by atoms with Crippen LogP contribution in [0.1, 0.15) is 21.5 Å². The number of phenols is 1. The Balaban J connectivity index is 1.89. The van der Waals surface area contributed by atoms with Crippen molar-refractivity contribution >= 4 is 22.4 Å². The molecule has 128 valence electrons. The minimum Gasteiger partial charge on any atom is -0.508 e. The third-order valence-electron chi connectivity index (χ3n) is 3.97. The predicted octanol–water partition coefficient (Wildman–Crippen LogP) is 5.12. The van der Waals surface area contributed by atoms with Gasteiger partial charge in [-0.25, -0.2) is 0 Å². The first kappa shape index (κ1) is 16.8. The number of hydrogen-bond acceptors (Lipinski definition) is 2. The summed E-state index contributed by atoms with van der Waals surface area (Å²) in [6.07, 6.45) is -4.47. The zero-order chi connectivity index (χ0) is 18.2. The van der Waals surface area contributed by atoms with E-state index in [1.165, 1.54) is 18.2 Å². The molecule has 0 spiro atoms. The fraction of sp³-hybridized carbons (Fsp3) is 0.105. The van der Waals surface area contributed by atoms with Crippen molar-refractivity contribution < 1.29 is 23.1 Å². The molecule has 0 aliphatic rings. The van der Waals surface area contributed by atoms with Gasteiger partial charge in [0, 0.05) is 11.3 Å². The van der Waals surface area contributed by atoms with E-state index in [0.29, 0.717) is 11.1 Å². The number of nitrogens with one attached hydrogen (secondary N) is 1. The number of benzene rings is 3. The molecule has 25 heavy (non-hydrogen) atoms. The molecule has 0 unspecified atom stereocenters. The third-order valence-corrected chi connectivity index (χ3v) is 3.97. The van der Waals surface area contributed by atoms with Gasteiger partial charge in [0.2, 0.25) is 0 Å². The molecule has 0 aromatic heterocycles. The van der Waals surface area contributed by atoms with Gasteiger partial charge in [-0.15, -0.1) is 0 Å². The van der Waals surface area contributed by atoms with E-state index in [9.17, 15) is 23.1 Å². The lowest BCUT2D eigenvalue weighted by Gasteiger charge is -2.11. The van der Waals surface area contributed by atoms with E-state index in [-0.39, 0.29) is 11.4 Å². The molecule has 0 radical (unpaired) electrons. The fourth-order valence-corrected chi connectivity index (χ4v) is 2.59. The zero-order valence-corrected chi connectivity index (χ0v) is 13.2. The molecule has 0 heterocycles. The Morgan fingerprint density at radius 1 is 1.04 bits per heavy atom. The van der Waals surface area contributed by atoms with Crippen molar-refractivity contribution in [3.63, 3.8) is 0 Å². The number of alkyl halides is 3. The monoisotopic (exact) mass is 345 g/mol. The van der Waals surface area contributed by atoms with Gasteiger partial charge in [-0.2, -0.15) is 13.2 Å². The van der Waals surface area contributed by atoms with E-state index < -0.39 is 17.6 Å². The van der Waals surface area contributed by atoms with Crippen molar-refractivity contribution in [2.24, 2.45) is 0 Å². The van der Waals surface area contributed by atoms with Crippen LogP contribution in [0.4, 0.5) is 18.9 Å². The average Bonchev–Trinajstić information content (AvgIpc) is 2.57. The standard InChI is InChI=1S/C19H14F3NO2/c1-11-16-7-5-13(9-12(16)6-8-17(11)24)18(25)23-15-4-2-3-14(10-15)19(20,21)22/h2-10,24H,1H3,(H,23,25). The minimum atomic E-state index is -4.47. The predicted molar refractivity (Wildman–Crippen MR) is 89.7 cm³/mol. The van der Waals surface area contributed by atoms with E-state index >= 15 is 0 Å². The normalized spacial score (nSPS) is 11.5. The molecule has 1 amide bonds. The van der Waals surface area contributed by atoms with Crippen LogP contribution in [0.15, 0.2) is 54.6 Å². The molecule has 2 N–H and O–H groups in total. The van der Waals surface area contributed by atoms with Gasteiger partial charge in [0.25, 0.3) is 5.91 Å². The molecule has 0 atom stereocenters. The van der Waals surface area contributed by atoms with Gasteiger partial charge in [0.1, 0.15) is 5.75 Å². The number of aryl methyl sites for hydroxylation is 1. The number of phenolic OH excluding ortho intramolecular Hbond substituents is 1. The fourth-order valence-electron chi connectivity index (χ4n) is 2.59. The Labute approximate surface area is 141 Å². The van der Waals surface area contributed by atoms with Crippen molar-refractivity contribution in [3.8, 4) is 5.75 Å². The summed E-state index contributed by atoms with van der Waals surface area (Å²) in [5, 5.41) is 13.7. The highest BCUT2D eigenvalue weighted by atomic mass is 19.4. The summed E-state index contributed by atoms with van der Waals surface area (Å²) in [6, 6.07) is 12.6. The average molecular weight is 345 g/mol. The lowest BCUT2D eigenvalue weighted by Crippen LogP contribution is -2.13. The molecule has 0 bridgehead atoms. The summed E-state index contributed by atoms with van der Waals surface area (Å²) in [7, 11) is 0. The Kier molecular flexibility index (Phi) is 4.12. The van der Waals surface area contributed by atoms with Crippen LogP contribution in [-0.4, -0.2) is 11.0 Å². The first-order valence-corrected chi connectivity index (χ1v) is 7.46. The molecule has 6 heteroatoms. The van der Waals surface area contributed by atoms with Crippen LogP contribution in [0.5, 0.6) is 5.75 Å². The number of halogens is 3. The summed E-state index contributed by atoms with van der Waals surface area (Å²) >= 11 is 0. The summed E-state index contributed by atoms with van der Waals surface area (Å²) in [4.78, 5) is 12.3. The van der Waals surface area contributed by atoms with Gasteiger partial charge in [0.05, 0.1) is 5.56 Å². The quantitative estimate of drug-likeness (QED) is 0.677. The number of carbonyl (C=O) groups excluding carboxylic acids is 1. The van der Waals surface area contributed by atoms with Gasteiger partial charge >= 0.3 is 6.18 Å². The lowest BCUT2D eigenvalue weighted by molar-refractivity contribution is -0.137. The van der Waals surface area contributed by atoms with Gasteiger partial charge in [-0.1, -0.05) is 18.2 Å². The van der Waals surface area contributed by atoms with E-state index in [2.05, 4.69) is 5.32 Å². The molecule has 3 nitrogen and oxygen atoms in total. The van der Waals surface area contributed by atoms with Gasteiger partial charge in [0.15, 0.2) is 0 Å². The number of aromatic hydroxyl groups is 1. The van der Waals surface area contributed by atoms with Crippen molar-refractivity contribution in [2.75, 3.05) is 5.32 Å². The lowest BCUT2D eigenvalue weighted by atomic mass is 10.0. The SMILES string of the molecule is Cc1c(O)ccc2cc(C(=O)Nc3cccc(C(F)(F)F)c3)ccc12. The van der Waals surface area contributed by atoms with E-state index in [1.54, 1.807) is 31.2 Å². The number of rotatable bonds is 2. The van der Waals surface area contributed by atoms with E-state index in [0.717, 1.165) is 22.9 Å². The number of carbonyl (C=O) groups is 1. The first-order chi connectivity index (χ1) is 11.8. The highest BCUT2D eigenvalue weighted by Gasteiger charge is 2.30. The number of hydrogen-bond donors (Lipinski definition) is 2. The third kappa shape index (κ3) is 3.42. The van der Waals surface area contributed by atoms with Crippen molar-refractivity contribution in [3.05, 3.63) is 71.3 Å². The van der Waals surface area contributed by atoms with Crippen LogP contribution < -0.4 is 5.32 Å². The Morgan fingerprint density at radius 2 is 1.80 bits per heavy atom. The highest BCUT2D eigenvalue weighted by molar-refractivity contribution is 6.06. The number of anilines is 1. The van der Waals surface area contributed by atoms with E-state index in [4.69, 9.17) is 0 Å². The number of fused-ring (bicyclic) bond motifs is 1. The van der Waals surface area contributed by atoms with Gasteiger partial charge in [-0.05, 0) is 59.7 Å². The first-order valence-electron chi connectivity index (χ1n) is 7.46.